The molecule has 0 aliphatic heterocycles. The normalized spacial score (nSPS) is 20.4. The third-order valence-corrected chi connectivity index (χ3v) is 2.65. The Morgan fingerprint density at radius 1 is 1.54 bits per heavy atom. The maximum atomic E-state index is 13.3. The zero-order chi connectivity index (χ0) is 9.42. The Balaban J connectivity index is 2.59. The molecule has 2 rings (SSSR count). The van der Waals surface area contributed by atoms with E-state index in [1.165, 1.54) is 6.07 Å². The summed E-state index contributed by atoms with van der Waals surface area (Å²) in [6.45, 7) is -0.0324. The third-order valence-electron chi connectivity index (χ3n) is 2.65. The molecule has 0 heterocycles. The van der Waals surface area contributed by atoms with Crippen LogP contribution in [0.4, 0.5) is 4.39 Å². The Labute approximate surface area is 76.2 Å². The summed E-state index contributed by atoms with van der Waals surface area (Å²) in [6.07, 6.45) is 1.56. The van der Waals surface area contributed by atoms with E-state index in [4.69, 9.17) is 10.8 Å². The second-order valence-electron chi connectivity index (χ2n) is 3.40. The highest BCUT2D eigenvalue weighted by molar-refractivity contribution is 5.41. The van der Waals surface area contributed by atoms with Gasteiger partial charge in [-0.25, -0.2) is 4.39 Å². The number of fused-ring (bicyclic) bond motifs is 1. The van der Waals surface area contributed by atoms with E-state index >= 15 is 0 Å². The number of aliphatic hydroxyl groups excluding tert-OH is 1. The van der Waals surface area contributed by atoms with Crippen molar-refractivity contribution < 1.29 is 9.50 Å². The van der Waals surface area contributed by atoms with Gasteiger partial charge in [-0.2, -0.15) is 0 Å². The van der Waals surface area contributed by atoms with Gasteiger partial charge in [-0.15, -0.1) is 0 Å². The smallest absolute Gasteiger partial charge is 0.128 e. The quantitative estimate of drug-likeness (QED) is 0.685. The van der Waals surface area contributed by atoms with Crippen LogP contribution in [0.3, 0.4) is 0 Å². The summed E-state index contributed by atoms with van der Waals surface area (Å²) in [6, 6.07) is 2.82. The number of benzene rings is 1. The molecule has 0 fully saturated rings. The van der Waals surface area contributed by atoms with Crippen molar-refractivity contribution in [1.29, 1.82) is 0 Å². The average molecular weight is 181 g/mol. The zero-order valence-corrected chi connectivity index (χ0v) is 7.26. The predicted molar refractivity (Wildman–Crippen MR) is 47.6 cm³/mol. The molecule has 0 unspecified atom stereocenters. The van der Waals surface area contributed by atoms with Gasteiger partial charge < -0.3 is 10.8 Å². The van der Waals surface area contributed by atoms with Crippen LogP contribution in [0.1, 0.15) is 29.2 Å². The number of nitrogens with two attached hydrogens (primary N) is 1. The van der Waals surface area contributed by atoms with E-state index in [1.807, 2.05) is 0 Å². The van der Waals surface area contributed by atoms with Crippen molar-refractivity contribution in [3.05, 3.63) is 34.6 Å². The van der Waals surface area contributed by atoms with Crippen molar-refractivity contribution >= 4 is 0 Å². The molecule has 1 atom stereocenters. The van der Waals surface area contributed by atoms with Crippen molar-refractivity contribution in [2.45, 2.75) is 25.5 Å². The lowest BCUT2D eigenvalue weighted by molar-refractivity contribution is 0.280. The summed E-state index contributed by atoms with van der Waals surface area (Å²) < 4.78 is 13.3. The molecule has 1 aliphatic rings. The molecule has 0 saturated carbocycles. The van der Waals surface area contributed by atoms with Crippen molar-refractivity contribution in [2.24, 2.45) is 5.73 Å². The molecular formula is C10H12FNO. The lowest BCUT2D eigenvalue weighted by Gasteiger charge is -2.08. The van der Waals surface area contributed by atoms with Gasteiger partial charge in [0.1, 0.15) is 5.82 Å². The molecule has 2 nitrogen and oxygen atoms in total. The Hall–Kier alpha value is -0.930. The highest BCUT2D eigenvalue weighted by atomic mass is 19.1. The Bertz CT molecular complexity index is 338. The van der Waals surface area contributed by atoms with E-state index in [9.17, 15) is 4.39 Å². The van der Waals surface area contributed by atoms with Crippen LogP contribution in [0.5, 0.6) is 0 Å². The van der Waals surface area contributed by atoms with Crippen LogP contribution in [0, 0.1) is 5.82 Å². The highest BCUT2D eigenvalue weighted by Gasteiger charge is 2.24. The molecule has 13 heavy (non-hydrogen) atoms. The lowest BCUT2D eigenvalue weighted by atomic mass is 10.0. The predicted octanol–water partition coefficient (Wildman–Crippen LogP) is 1.26. The average Bonchev–Trinajstić information content (AvgIpc) is 2.50. The van der Waals surface area contributed by atoms with E-state index in [2.05, 4.69) is 0 Å². The number of halogens is 1. The molecule has 3 heteroatoms. The molecule has 1 aliphatic carbocycles. The molecule has 0 aromatic heterocycles. The maximum absolute atomic E-state index is 13.3. The van der Waals surface area contributed by atoms with E-state index in [0.717, 1.165) is 24.0 Å². The van der Waals surface area contributed by atoms with Crippen molar-refractivity contribution in [3.8, 4) is 0 Å². The first-order chi connectivity index (χ1) is 6.24. The second-order valence-corrected chi connectivity index (χ2v) is 3.40. The summed E-state index contributed by atoms with van der Waals surface area (Å²) in [5.74, 6) is -0.239. The molecule has 0 bridgehead atoms. The maximum Gasteiger partial charge on any atom is 0.128 e. The number of hydrogen-bond donors (Lipinski definition) is 2. The third kappa shape index (κ3) is 1.24. The largest absolute Gasteiger partial charge is 0.392 e. The number of rotatable bonds is 1. The molecule has 0 radical (unpaired) electrons. The van der Waals surface area contributed by atoms with E-state index in [1.54, 1.807) is 6.07 Å². The zero-order valence-electron chi connectivity index (χ0n) is 7.26. The van der Waals surface area contributed by atoms with Gasteiger partial charge in [0.05, 0.1) is 6.61 Å². The van der Waals surface area contributed by atoms with E-state index in [-0.39, 0.29) is 18.5 Å². The Morgan fingerprint density at radius 3 is 3.00 bits per heavy atom. The highest BCUT2D eigenvalue weighted by Crippen LogP contribution is 2.33. The number of hydrogen-bond acceptors (Lipinski definition) is 2. The summed E-state index contributed by atoms with van der Waals surface area (Å²) in [5.41, 5.74) is 8.07. The summed E-state index contributed by atoms with van der Waals surface area (Å²) >= 11 is 0. The van der Waals surface area contributed by atoms with Crippen LogP contribution in [0.2, 0.25) is 0 Å². The summed E-state index contributed by atoms with van der Waals surface area (Å²) in [4.78, 5) is 0. The van der Waals surface area contributed by atoms with Gasteiger partial charge in [-0.3, -0.25) is 0 Å². The van der Waals surface area contributed by atoms with Gasteiger partial charge in [-0.1, -0.05) is 6.07 Å². The topological polar surface area (TPSA) is 46.2 Å². The van der Waals surface area contributed by atoms with Crippen LogP contribution >= 0.6 is 0 Å². The fraction of sp³-hybridized carbons (Fsp3) is 0.400. The Kier molecular flexibility index (Phi) is 2.06. The monoisotopic (exact) mass is 181 g/mol. The second kappa shape index (κ2) is 3.09. The first-order valence-corrected chi connectivity index (χ1v) is 4.40. The van der Waals surface area contributed by atoms with Crippen molar-refractivity contribution in [1.82, 2.24) is 0 Å². The standard InChI is InChI=1S/C10H12FNO/c11-8-3-1-6(5-13)7-2-4-9(12)10(7)8/h1,3,9,13H,2,4-5,12H2/t9-/m0/s1. The molecule has 0 amide bonds. The van der Waals surface area contributed by atoms with Crippen LogP contribution < -0.4 is 5.73 Å². The summed E-state index contributed by atoms with van der Waals surface area (Å²) in [5, 5.41) is 9.02. The van der Waals surface area contributed by atoms with Crippen molar-refractivity contribution in [3.63, 3.8) is 0 Å². The van der Waals surface area contributed by atoms with Crippen LogP contribution in [-0.4, -0.2) is 5.11 Å². The van der Waals surface area contributed by atoms with E-state index in [0.29, 0.717) is 5.56 Å². The number of aliphatic hydroxyl groups is 1. The minimum Gasteiger partial charge on any atom is -0.392 e. The molecular weight excluding hydrogens is 169 g/mol. The minimum atomic E-state index is -0.239. The Morgan fingerprint density at radius 2 is 2.31 bits per heavy atom. The van der Waals surface area contributed by atoms with Gasteiger partial charge >= 0.3 is 0 Å². The van der Waals surface area contributed by atoms with E-state index < -0.39 is 0 Å². The van der Waals surface area contributed by atoms with Gasteiger partial charge in [-0.05, 0) is 30.0 Å². The first kappa shape index (κ1) is 8.66. The minimum absolute atomic E-state index is 0.0324. The van der Waals surface area contributed by atoms with Crippen LogP contribution in [0.15, 0.2) is 12.1 Å². The SMILES string of the molecule is N[C@H]1CCc2c(CO)ccc(F)c21. The van der Waals surface area contributed by atoms with Gasteiger partial charge in [0, 0.05) is 11.6 Å². The molecule has 0 spiro atoms. The summed E-state index contributed by atoms with van der Waals surface area (Å²) in [7, 11) is 0. The molecule has 1 aromatic rings. The van der Waals surface area contributed by atoms with Crippen LogP contribution in [-0.2, 0) is 13.0 Å². The van der Waals surface area contributed by atoms with Gasteiger partial charge in [0.15, 0.2) is 0 Å². The van der Waals surface area contributed by atoms with Gasteiger partial charge in [0.2, 0.25) is 0 Å². The molecule has 3 N–H and O–H groups in total. The molecule has 0 saturated heterocycles. The molecule has 1 aromatic carbocycles. The van der Waals surface area contributed by atoms with Gasteiger partial charge in [0.25, 0.3) is 0 Å². The van der Waals surface area contributed by atoms with Crippen molar-refractivity contribution in [2.75, 3.05) is 0 Å². The fourth-order valence-electron chi connectivity index (χ4n) is 1.97. The van der Waals surface area contributed by atoms with Crippen LogP contribution in [0.25, 0.3) is 0 Å². The fourth-order valence-corrected chi connectivity index (χ4v) is 1.97. The molecule has 70 valence electrons. The lowest BCUT2D eigenvalue weighted by Crippen LogP contribution is -2.08. The first-order valence-electron chi connectivity index (χ1n) is 4.40.